The van der Waals surface area contributed by atoms with Crippen LogP contribution in [0.5, 0.6) is 0 Å². The molecule has 126 valence electrons. The number of nitrogens with one attached hydrogen (secondary N) is 1. The van der Waals surface area contributed by atoms with E-state index in [0.29, 0.717) is 16.5 Å². The van der Waals surface area contributed by atoms with Crippen LogP contribution in [0.1, 0.15) is 28.9 Å². The fraction of sp³-hybridized carbons (Fsp3) is 0.333. The van der Waals surface area contributed by atoms with Crippen molar-refractivity contribution in [3.8, 4) is 0 Å². The van der Waals surface area contributed by atoms with E-state index in [2.05, 4.69) is 10.3 Å². The van der Waals surface area contributed by atoms with Crippen molar-refractivity contribution in [1.82, 2.24) is 4.98 Å². The minimum atomic E-state index is -0.445. The molecule has 9 heteroatoms. The number of carbonyl (C=O) groups excluding carboxylic acids is 1. The van der Waals surface area contributed by atoms with Crippen LogP contribution < -0.4 is 10.2 Å². The molecule has 0 saturated carbocycles. The molecule has 1 aliphatic heterocycles. The van der Waals surface area contributed by atoms with Crippen LogP contribution >= 0.6 is 22.9 Å². The number of benzene rings is 1. The van der Waals surface area contributed by atoms with Gasteiger partial charge in [-0.15, -0.1) is 22.9 Å². The average Bonchev–Trinajstić information content (AvgIpc) is 3.25. The monoisotopic (exact) mass is 366 g/mol. The molecule has 1 N–H and O–H groups in total. The topological polar surface area (TPSA) is 88.4 Å². The number of anilines is 2. The predicted octanol–water partition coefficient (Wildman–Crippen LogP) is 3.64. The second-order valence-corrected chi connectivity index (χ2v) is 6.51. The van der Waals surface area contributed by atoms with E-state index in [4.69, 9.17) is 11.6 Å². The molecule has 1 amide bonds. The maximum Gasteiger partial charge on any atom is 0.293 e. The molecule has 1 aliphatic rings. The molecule has 7 nitrogen and oxygen atoms in total. The van der Waals surface area contributed by atoms with Crippen LogP contribution in [0.4, 0.5) is 16.5 Å². The van der Waals surface area contributed by atoms with Crippen molar-refractivity contribution >= 4 is 45.4 Å². The molecular formula is C15H15ClN4O3S. The van der Waals surface area contributed by atoms with Crippen molar-refractivity contribution < 1.29 is 9.72 Å². The number of alkyl halides is 1. The summed E-state index contributed by atoms with van der Waals surface area (Å²) in [5.74, 6) is -0.163. The van der Waals surface area contributed by atoms with Gasteiger partial charge in [-0.3, -0.25) is 20.2 Å². The third-order valence-corrected chi connectivity index (χ3v) is 4.87. The van der Waals surface area contributed by atoms with Crippen LogP contribution in [0.25, 0.3) is 0 Å². The lowest BCUT2D eigenvalue weighted by Gasteiger charge is -2.17. The summed E-state index contributed by atoms with van der Waals surface area (Å²) in [7, 11) is 0. The molecule has 0 bridgehead atoms. The largest absolute Gasteiger partial charge is 0.366 e. The van der Waals surface area contributed by atoms with E-state index < -0.39 is 10.8 Å². The Morgan fingerprint density at radius 2 is 2.17 bits per heavy atom. The first-order valence-electron chi connectivity index (χ1n) is 7.43. The van der Waals surface area contributed by atoms with Gasteiger partial charge in [-0.1, -0.05) is 0 Å². The molecule has 1 fully saturated rings. The van der Waals surface area contributed by atoms with E-state index in [1.807, 2.05) is 4.90 Å². The van der Waals surface area contributed by atoms with E-state index in [1.165, 1.54) is 17.4 Å². The first-order chi connectivity index (χ1) is 11.6. The van der Waals surface area contributed by atoms with Crippen molar-refractivity contribution in [2.24, 2.45) is 0 Å². The Balaban J connectivity index is 1.83. The first kappa shape index (κ1) is 16.7. The SMILES string of the molecule is O=C(Nc1nc(CCl)cs1)c1ccc(N2CCCC2)c([N+](=O)[O-])c1. The fourth-order valence-electron chi connectivity index (χ4n) is 2.63. The second-order valence-electron chi connectivity index (χ2n) is 5.39. The number of nitrogens with zero attached hydrogens (tertiary/aromatic N) is 3. The van der Waals surface area contributed by atoms with Crippen molar-refractivity contribution in [3.05, 3.63) is 45.0 Å². The van der Waals surface area contributed by atoms with E-state index in [-0.39, 0.29) is 17.1 Å². The predicted molar refractivity (Wildman–Crippen MR) is 94.2 cm³/mol. The highest BCUT2D eigenvalue weighted by Crippen LogP contribution is 2.32. The lowest BCUT2D eigenvalue weighted by atomic mass is 10.1. The van der Waals surface area contributed by atoms with Crippen LogP contribution in [0.3, 0.4) is 0 Å². The van der Waals surface area contributed by atoms with Gasteiger partial charge in [0.2, 0.25) is 0 Å². The Morgan fingerprint density at radius 1 is 1.42 bits per heavy atom. The molecule has 3 rings (SSSR count). The van der Waals surface area contributed by atoms with Gasteiger partial charge in [0.15, 0.2) is 5.13 Å². The fourth-order valence-corrected chi connectivity index (χ4v) is 3.57. The third kappa shape index (κ3) is 3.49. The molecule has 0 aliphatic carbocycles. The molecule has 2 aromatic rings. The molecule has 1 aromatic heterocycles. The third-order valence-electron chi connectivity index (χ3n) is 3.79. The first-order valence-corrected chi connectivity index (χ1v) is 8.85. The summed E-state index contributed by atoms with van der Waals surface area (Å²) in [5, 5.41) is 16.2. The lowest BCUT2D eigenvalue weighted by Crippen LogP contribution is -2.19. The molecule has 0 radical (unpaired) electrons. The van der Waals surface area contributed by atoms with Gasteiger partial charge in [-0.2, -0.15) is 0 Å². The molecule has 0 spiro atoms. The normalized spacial score (nSPS) is 14.0. The van der Waals surface area contributed by atoms with Crippen LogP contribution in [-0.2, 0) is 5.88 Å². The maximum absolute atomic E-state index is 12.3. The average molecular weight is 367 g/mol. The number of hydrogen-bond donors (Lipinski definition) is 1. The zero-order chi connectivity index (χ0) is 17.1. The zero-order valence-corrected chi connectivity index (χ0v) is 14.3. The minimum absolute atomic E-state index is 0.0508. The Kier molecular flexibility index (Phi) is 4.96. The standard InChI is InChI=1S/C15H15ClN4O3S/c16-8-11-9-24-15(17-11)18-14(21)10-3-4-12(13(7-10)20(22)23)19-5-1-2-6-19/h3-4,7,9H,1-2,5-6,8H2,(H,17,18,21). The lowest BCUT2D eigenvalue weighted by molar-refractivity contribution is -0.384. The summed E-state index contributed by atoms with van der Waals surface area (Å²) in [6, 6.07) is 4.56. The molecule has 2 heterocycles. The summed E-state index contributed by atoms with van der Waals surface area (Å²) < 4.78 is 0. The van der Waals surface area contributed by atoms with Crippen LogP contribution in [0, 0.1) is 10.1 Å². The smallest absolute Gasteiger partial charge is 0.293 e. The van der Waals surface area contributed by atoms with Crippen molar-refractivity contribution in [2.75, 3.05) is 23.3 Å². The van der Waals surface area contributed by atoms with Gasteiger partial charge in [0.1, 0.15) is 5.69 Å². The van der Waals surface area contributed by atoms with E-state index in [0.717, 1.165) is 25.9 Å². The van der Waals surface area contributed by atoms with E-state index in [9.17, 15) is 14.9 Å². The number of nitro benzene ring substituents is 1. The second kappa shape index (κ2) is 7.14. The van der Waals surface area contributed by atoms with Gasteiger partial charge in [0.05, 0.1) is 16.5 Å². The number of thiazole rings is 1. The Bertz CT molecular complexity index is 774. The number of hydrogen-bond acceptors (Lipinski definition) is 6. The molecule has 0 atom stereocenters. The summed E-state index contributed by atoms with van der Waals surface area (Å²) in [6.07, 6.45) is 2.04. The summed E-state index contributed by atoms with van der Waals surface area (Å²) in [6.45, 7) is 1.60. The van der Waals surface area contributed by atoms with Crippen molar-refractivity contribution in [1.29, 1.82) is 0 Å². The van der Waals surface area contributed by atoms with Gasteiger partial charge < -0.3 is 4.90 Å². The summed E-state index contributed by atoms with van der Waals surface area (Å²) >= 11 is 6.94. The van der Waals surface area contributed by atoms with Crippen LogP contribution in [0.15, 0.2) is 23.6 Å². The van der Waals surface area contributed by atoms with Crippen molar-refractivity contribution in [2.45, 2.75) is 18.7 Å². The zero-order valence-electron chi connectivity index (χ0n) is 12.7. The van der Waals surface area contributed by atoms with Gasteiger partial charge in [0.25, 0.3) is 11.6 Å². The summed E-state index contributed by atoms with van der Waals surface area (Å²) in [4.78, 5) is 29.4. The molecule has 1 saturated heterocycles. The number of amides is 1. The highest BCUT2D eigenvalue weighted by molar-refractivity contribution is 7.14. The van der Waals surface area contributed by atoms with Gasteiger partial charge in [-0.05, 0) is 25.0 Å². The maximum atomic E-state index is 12.3. The highest BCUT2D eigenvalue weighted by atomic mass is 35.5. The van der Waals surface area contributed by atoms with Crippen LogP contribution in [-0.4, -0.2) is 28.9 Å². The van der Waals surface area contributed by atoms with Gasteiger partial charge >= 0.3 is 0 Å². The number of carbonyl (C=O) groups is 1. The molecule has 1 aromatic carbocycles. The van der Waals surface area contributed by atoms with Gasteiger partial charge in [-0.25, -0.2) is 4.98 Å². The Morgan fingerprint density at radius 3 is 2.79 bits per heavy atom. The van der Waals surface area contributed by atoms with Crippen molar-refractivity contribution in [3.63, 3.8) is 0 Å². The summed E-state index contributed by atoms with van der Waals surface area (Å²) in [5.41, 5.74) is 1.41. The molecular weight excluding hydrogens is 352 g/mol. The number of nitro groups is 1. The number of rotatable bonds is 5. The molecule has 24 heavy (non-hydrogen) atoms. The minimum Gasteiger partial charge on any atom is -0.366 e. The quantitative estimate of drug-likeness (QED) is 0.495. The van der Waals surface area contributed by atoms with E-state index in [1.54, 1.807) is 17.5 Å². The highest BCUT2D eigenvalue weighted by Gasteiger charge is 2.24. The Hall–Kier alpha value is -2.19. The Labute approximate surface area is 147 Å². The number of halogens is 1. The van der Waals surface area contributed by atoms with Crippen LogP contribution in [0.2, 0.25) is 0 Å². The molecule has 0 unspecified atom stereocenters. The number of aromatic nitrogens is 1. The van der Waals surface area contributed by atoms with E-state index >= 15 is 0 Å². The van der Waals surface area contributed by atoms with Gasteiger partial charge in [0, 0.05) is 30.1 Å².